The summed E-state index contributed by atoms with van der Waals surface area (Å²) >= 11 is 3.32. The van der Waals surface area contributed by atoms with E-state index in [0.717, 1.165) is 0 Å². The third kappa shape index (κ3) is 2.80. The average molecular weight is 352 g/mol. The lowest BCUT2D eigenvalue weighted by Gasteiger charge is -2.09. The van der Waals surface area contributed by atoms with Crippen molar-refractivity contribution in [3.8, 4) is 11.6 Å². The lowest BCUT2D eigenvalue weighted by molar-refractivity contribution is 0.461. The largest absolute Gasteiger partial charge is 0.437 e. The van der Waals surface area contributed by atoms with Gasteiger partial charge in [-0.05, 0) is 35.0 Å². The van der Waals surface area contributed by atoms with Crippen LogP contribution in [0.5, 0.6) is 11.6 Å². The van der Waals surface area contributed by atoms with Gasteiger partial charge >= 0.3 is 0 Å². The van der Waals surface area contributed by atoms with Crippen molar-refractivity contribution in [2.75, 3.05) is 11.9 Å². The number of ether oxygens (including phenoxy) is 1. The monoisotopic (exact) mass is 351 g/mol. The summed E-state index contributed by atoms with van der Waals surface area (Å²) in [6.07, 6.45) is 1.56. The highest BCUT2D eigenvalue weighted by molar-refractivity contribution is 9.10. The zero-order chi connectivity index (χ0) is 14.8. The Labute approximate surface area is 127 Å². The summed E-state index contributed by atoms with van der Waals surface area (Å²) in [5.41, 5.74) is 0.545. The smallest absolute Gasteiger partial charge is 0.235 e. The Morgan fingerprint density at radius 3 is 3.05 bits per heavy atom. The normalized spacial score (nSPS) is 10.8. The fourth-order valence-electron chi connectivity index (χ4n) is 1.78. The Kier molecular flexibility index (Phi) is 3.70. The van der Waals surface area contributed by atoms with Crippen molar-refractivity contribution in [3.63, 3.8) is 0 Å². The summed E-state index contributed by atoms with van der Waals surface area (Å²) in [5.74, 6) is 0.657. The second-order valence-electron chi connectivity index (χ2n) is 4.19. The van der Waals surface area contributed by atoms with Crippen LogP contribution in [0.25, 0.3) is 11.0 Å². The minimum absolute atomic E-state index is 0.302. The Morgan fingerprint density at radius 2 is 2.24 bits per heavy atom. The van der Waals surface area contributed by atoms with Gasteiger partial charge in [0.2, 0.25) is 11.8 Å². The van der Waals surface area contributed by atoms with E-state index in [1.54, 1.807) is 12.3 Å². The topological polar surface area (TPSA) is 75.7 Å². The van der Waals surface area contributed by atoms with Crippen LogP contribution < -0.4 is 10.1 Å². The number of anilines is 1. The summed E-state index contributed by atoms with van der Waals surface area (Å²) < 4.78 is 19.7. The van der Waals surface area contributed by atoms with Crippen LogP contribution in [0.15, 0.2) is 28.9 Å². The molecule has 2 N–H and O–H groups in total. The van der Waals surface area contributed by atoms with E-state index in [0.29, 0.717) is 39.6 Å². The maximum atomic E-state index is 13.3. The van der Waals surface area contributed by atoms with Gasteiger partial charge in [0.15, 0.2) is 5.65 Å². The van der Waals surface area contributed by atoms with Crippen LogP contribution in [0.2, 0.25) is 0 Å². The van der Waals surface area contributed by atoms with E-state index in [1.807, 2.05) is 6.92 Å². The SMILES string of the molecule is CCNc1nc(Oc2cc(F)ccc2Br)c2cn[nH]c2n1. The van der Waals surface area contributed by atoms with Gasteiger partial charge in [-0.2, -0.15) is 15.1 Å². The van der Waals surface area contributed by atoms with E-state index < -0.39 is 5.82 Å². The number of rotatable bonds is 4. The van der Waals surface area contributed by atoms with Crippen molar-refractivity contribution in [1.82, 2.24) is 20.2 Å². The number of nitrogens with zero attached hydrogens (tertiary/aromatic N) is 3. The summed E-state index contributed by atoms with van der Waals surface area (Å²) in [4.78, 5) is 8.54. The van der Waals surface area contributed by atoms with Crippen molar-refractivity contribution in [2.24, 2.45) is 0 Å². The maximum absolute atomic E-state index is 13.3. The van der Waals surface area contributed by atoms with Gasteiger partial charge < -0.3 is 10.1 Å². The van der Waals surface area contributed by atoms with E-state index in [-0.39, 0.29) is 0 Å². The lowest BCUT2D eigenvalue weighted by Crippen LogP contribution is -2.03. The van der Waals surface area contributed by atoms with E-state index in [2.05, 4.69) is 41.4 Å². The Balaban J connectivity index is 2.06. The number of benzene rings is 1. The van der Waals surface area contributed by atoms with Gasteiger partial charge in [0.25, 0.3) is 0 Å². The highest BCUT2D eigenvalue weighted by atomic mass is 79.9. The molecular formula is C13H11BrFN5O. The molecule has 3 rings (SSSR count). The first-order valence-corrected chi connectivity index (χ1v) is 7.04. The quantitative estimate of drug-likeness (QED) is 0.752. The zero-order valence-electron chi connectivity index (χ0n) is 11.0. The van der Waals surface area contributed by atoms with Gasteiger partial charge in [-0.1, -0.05) is 0 Å². The molecule has 2 aromatic heterocycles. The van der Waals surface area contributed by atoms with Crippen LogP contribution in [0.1, 0.15) is 6.92 Å². The van der Waals surface area contributed by atoms with Gasteiger partial charge in [-0.15, -0.1) is 0 Å². The van der Waals surface area contributed by atoms with Crippen LogP contribution in [-0.2, 0) is 0 Å². The number of nitrogens with one attached hydrogen (secondary N) is 2. The summed E-state index contributed by atoms with van der Waals surface area (Å²) in [6, 6.07) is 4.20. The molecular weight excluding hydrogens is 341 g/mol. The molecule has 0 radical (unpaired) electrons. The van der Waals surface area contributed by atoms with Crippen LogP contribution in [0.4, 0.5) is 10.3 Å². The van der Waals surface area contributed by atoms with Crippen LogP contribution in [0, 0.1) is 5.82 Å². The molecule has 0 saturated carbocycles. The van der Waals surface area contributed by atoms with Crippen molar-refractivity contribution < 1.29 is 9.13 Å². The molecule has 6 nitrogen and oxygen atoms in total. The van der Waals surface area contributed by atoms with E-state index in [4.69, 9.17) is 4.74 Å². The minimum atomic E-state index is -0.391. The first-order chi connectivity index (χ1) is 10.2. The maximum Gasteiger partial charge on any atom is 0.235 e. The van der Waals surface area contributed by atoms with E-state index in [9.17, 15) is 4.39 Å². The van der Waals surface area contributed by atoms with Crippen molar-refractivity contribution in [2.45, 2.75) is 6.92 Å². The molecule has 0 aliphatic carbocycles. The molecule has 0 bridgehead atoms. The molecule has 0 atom stereocenters. The third-order valence-electron chi connectivity index (χ3n) is 2.71. The number of aromatic nitrogens is 4. The van der Waals surface area contributed by atoms with Crippen LogP contribution in [-0.4, -0.2) is 26.7 Å². The molecule has 0 unspecified atom stereocenters. The van der Waals surface area contributed by atoms with Crippen molar-refractivity contribution in [1.29, 1.82) is 0 Å². The highest BCUT2D eigenvalue weighted by Gasteiger charge is 2.13. The van der Waals surface area contributed by atoms with E-state index in [1.165, 1.54) is 12.1 Å². The molecule has 0 spiro atoms. The number of fused-ring (bicyclic) bond motifs is 1. The zero-order valence-corrected chi connectivity index (χ0v) is 12.6. The summed E-state index contributed by atoms with van der Waals surface area (Å²) in [7, 11) is 0. The van der Waals surface area contributed by atoms with Crippen LogP contribution in [0.3, 0.4) is 0 Å². The second kappa shape index (κ2) is 5.65. The lowest BCUT2D eigenvalue weighted by atomic mass is 10.3. The molecule has 0 aliphatic heterocycles. The Hall–Kier alpha value is -2.22. The molecule has 8 heteroatoms. The predicted octanol–water partition coefficient (Wildman–Crippen LogP) is 3.48. The Morgan fingerprint density at radius 1 is 1.38 bits per heavy atom. The van der Waals surface area contributed by atoms with Gasteiger partial charge in [0.1, 0.15) is 17.0 Å². The first-order valence-electron chi connectivity index (χ1n) is 6.25. The number of H-pyrrole nitrogens is 1. The van der Waals surface area contributed by atoms with Gasteiger partial charge in [-0.25, -0.2) is 4.39 Å². The highest BCUT2D eigenvalue weighted by Crippen LogP contribution is 2.32. The van der Waals surface area contributed by atoms with Gasteiger partial charge in [0.05, 0.1) is 10.7 Å². The van der Waals surface area contributed by atoms with E-state index >= 15 is 0 Å². The number of halogens is 2. The average Bonchev–Trinajstić information content (AvgIpc) is 2.92. The molecule has 1 aromatic carbocycles. The van der Waals surface area contributed by atoms with Crippen molar-refractivity contribution >= 4 is 32.9 Å². The second-order valence-corrected chi connectivity index (χ2v) is 5.05. The molecule has 0 aliphatic rings. The Bertz CT molecular complexity index is 791. The standard InChI is InChI=1S/C13H11BrFN5O/c1-2-16-13-18-11-8(6-17-20-11)12(19-13)21-10-5-7(15)3-4-9(10)14/h3-6H,2H2,1H3,(H2,16,17,18,19,20). The van der Waals surface area contributed by atoms with Crippen LogP contribution >= 0.6 is 15.9 Å². The molecule has 0 fully saturated rings. The number of aromatic amines is 1. The first kappa shape index (κ1) is 13.7. The number of hydrogen-bond acceptors (Lipinski definition) is 5. The van der Waals surface area contributed by atoms with Crippen molar-refractivity contribution in [3.05, 3.63) is 34.7 Å². The molecule has 3 aromatic rings. The minimum Gasteiger partial charge on any atom is -0.437 e. The number of hydrogen-bond donors (Lipinski definition) is 2. The van der Waals surface area contributed by atoms with Gasteiger partial charge in [-0.3, -0.25) is 5.10 Å². The predicted molar refractivity (Wildman–Crippen MR) is 80.0 cm³/mol. The fraction of sp³-hybridized carbons (Fsp3) is 0.154. The molecule has 21 heavy (non-hydrogen) atoms. The molecule has 0 amide bonds. The molecule has 0 saturated heterocycles. The van der Waals surface area contributed by atoms with Gasteiger partial charge in [0, 0.05) is 12.6 Å². The molecule has 2 heterocycles. The summed E-state index contributed by atoms with van der Waals surface area (Å²) in [6.45, 7) is 2.60. The fourth-order valence-corrected chi connectivity index (χ4v) is 2.11. The third-order valence-corrected chi connectivity index (χ3v) is 3.36. The summed E-state index contributed by atoms with van der Waals surface area (Å²) in [5, 5.41) is 10.3. The molecule has 108 valence electrons.